The van der Waals surface area contributed by atoms with Gasteiger partial charge in [0, 0.05) is 75.6 Å². The van der Waals surface area contributed by atoms with E-state index in [-0.39, 0.29) is 61.1 Å². The summed E-state index contributed by atoms with van der Waals surface area (Å²) in [6, 6.07) is -1.22. The molecule has 6 atom stereocenters. The molecule has 3 heterocycles. The molecule has 1 N–H and O–H groups in total. The Kier molecular flexibility index (Phi) is 15.4. The van der Waals surface area contributed by atoms with E-state index >= 15 is 0 Å². The highest BCUT2D eigenvalue weighted by Crippen LogP contribution is 2.38. The topological polar surface area (TPSA) is 170 Å². The fourth-order valence-corrected chi connectivity index (χ4v) is 7.68. The van der Waals surface area contributed by atoms with Crippen molar-refractivity contribution in [2.75, 3.05) is 41.0 Å². The second-order valence-corrected chi connectivity index (χ2v) is 15.9. The quantitative estimate of drug-likeness (QED) is 0.205. The number of thiazole rings is 1. The first-order valence-electron chi connectivity index (χ1n) is 18.5. The van der Waals surface area contributed by atoms with Gasteiger partial charge in [-0.15, -0.1) is 11.3 Å². The van der Waals surface area contributed by atoms with Gasteiger partial charge < -0.3 is 24.4 Å². The number of ether oxygens (including phenoxy) is 3. The smallest absolute Gasteiger partial charge is 0.308 e. The molecular weight excluding hydrogens is 701 g/mol. The summed E-state index contributed by atoms with van der Waals surface area (Å²) in [6.45, 7) is 10.5. The zero-order valence-corrected chi connectivity index (χ0v) is 33.1. The summed E-state index contributed by atoms with van der Waals surface area (Å²) < 4.78 is 16.3. The Morgan fingerprint density at radius 1 is 1.11 bits per heavy atom. The molecule has 1 saturated heterocycles. The molecule has 1 aliphatic carbocycles. The van der Waals surface area contributed by atoms with Crippen molar-refractivity contribution >= 4 is 40.9 Å². The minimum absolute atomic E-state index is 0.0143. The maximum atomic E-state index is 14.2. The van der Waals surface area contributed by atoms with Crippen molar-refractivity contribution in [2.24, 2.45) is 23.7 Å². The lowest BCUT2D eigenvalue weighted by Crippen LogP contribution is -2.49. The largest absolute Gasteiger partial charge is 0.469 e. The van der Waals surface area contributed by atoms with Crippen LogP contribution in [0.4, 0.5) is 0 Å². The number of Topliss-reactive ketones (excluding diaryl/α,β-unsaturated/α-hetero) is 1. The van der Waals surface area contributed by atoms with Crippen molar-refractivity contribution in [1.29, 1.82) is 0 Å². The molecule has 0 unspecified atom stereocenters. The van der Waals surface area contributed by atoms with Gasteiger partial charge in [-0.2, -0.15) is 0 Å². The van der Waals surface area contributed by atoms with E-state index < -0.39 is 41.8 Å². The lowest BCUT2D eigenvalue weighted by Gasteiger charge is -2.36. The van der Waals surface area contributed by atoms with Gasteiger partial charge in [0.1, 0.15) is 16.5 Å². The van der Waals surface area contributed by atoms with Crippen LogP contribution >= 0.6 is 11.3 Å². The van der Waals surface area contributed by atoms with Crippen LogP contribution in [0.1, 0.15) is 99.2 Å². The lowest BCUT2D eigenvalue weighted by atomic mass is 9.89. The molecule has 2 aromatic heterocycles. The number of aromatic nitrogens is 3. The number of morpholine rings is 1. The SMILES string of the molecule is COC(=O)[C@@H](C)C[C@H](Cc1ncc(C)cn1)NC(=O)c1csc([C@@H](C[C@H](C(C)C)N(C)C(=O)[C@@H](CC(=O)[C@H]2COCCN2C)CC2CC2)OC(C)=O)n1. The molecule has 0 bridgehead atoms. The van der Waals surface area contributed by atoms with Crippen molar-refractivity contribution in [1.82, 2.24) is 30.1 Å². The molecule has 292 valence electrons. The number of carbonyl (C=O) groups excluding carboxylic acids is 5. The van der Waals surface area contributed by atoms with E-state index in [4.69, 9.17) is 14.2 Å². The number of methoxy groups -OCH3 is 1. The van der Waals surface area contributed by atoms with E-state index in [1.807, 2.05) is 32.7 Å². The predicted molar refractivity (Wildman–Crippen MR) is 198 cm³/mol. The van der Waals surface area contributed by atoms with Crippen molar-refractivity contribution in [3.8, 4) is 0 Å². The van der Waals surface area contributed by atoms with E-state index in [9.17, 15) is 24.0 Å². The average molecular weight is 757 g/mol. The van der Waals surface area contributed by atoms with Gasteiger partial charge in [0.15, 0.2) is 11.9 Å². The number of ketones is 1. The molecular formula is C38H56N6O8S. The Balaban J connectivity index is 1.50. The zero-order valence-electron chi connectivity index (χ0n) is 32.3. The van der Waals surface area contributed by atoms with E-state index in [0.717, 1.165) is 18.4 Å². The van der Waals surface area contributed by atoms with Crippen molar-refractivity contribution in [2.45, 2.75) is 104 Å². The number of carbonyl (C=O) groups is 5. The molecule has 15 heteroatoms. The summed E-state index contributed by atoms with van der Waals surface area (Å²) in [5.41, 5.74) is 1.03. The van der Waals surface area contributed by atoms with Crippen molar-refractivity contribution in [3.63, 3.8) is 0 Å². The number of nitrogens with zero attached hydrogens (tertiary/aromatic N) is 5. The van der Waals surface area contributed by atoms with Crippen LogP contribution in [-0.2, 0) is 39.8 Å². The van der Waals surface area contributed by atoms with E-state index in [0.29, 0.717) is 42.9 Å². The number of nitrogens with one attached hydrogen (secondary N) is 1. The van der Waals surface area contributed by atoms with Gasteiger partial charge in [0.2, 0.25) is 5.91 Å². The van der Waals surface area contributed by atoms with Gasteiger partial charge in [-0.1, -0.05) is 33.6 Å². The number of esters is 2. The van der Waals surface area contributed by atoms with Gasteiger partial charge in [0.05, 0.1) is 32.3 Å². The molecule has 0 radical (unpaired) electrons. The molecule has 2 amide bonds. The number of likely N-dealkylation sites (N-methyl/N-ethyl adjacent to an activating group) is 1. The number of hydrogen-bond donors (Lipinski definition) is 1. The first kappa shape index (κ1) is 41.9. The Morgan fingerprint density at radius 3 is 2.42 bits per heavy atom. The number of rotatable bonds is 19. The van der Waals surface area contributed by atoms with E-state index in [1.165, 1.54) is 25.4 Å². The van der Waals surface area contributed by atoms with Crippen molar-refractivity contribution in [3.05, 3.63) is 39.9 Å². The Bertz CT molecular complexity index is 1560. The lowest BCUT2D eigenvalue weighted by molar-refractivity contribution is -0.149. The molecule has 1 aliphatic heterocycles. The minimum atomic E-state index is -0.825. The number of amides is 2. The van der Waals surface area contributed by atoms with Crippen LogP contribution in [0.5, 0.6) is 0 Å². The van der Waals surface area contributed by atoms with Crippen molar-refractivity contribution < 1.29 is 38.2 Å². The molecule has 2 aliphatic rings. The maximum absolute atomic E-state index is 14.2. The minimum Gasteiger partial charge on any atom is -0.469 e. The molecule has 53 heavy (non-hydrogen) atoms. The third kappa shape index (κ3) is 12.4. The third-order valence-corrected chi connectivity index (χ3v) is 11.1. The second kappa shape index (κ2) is 19.5. The van der Waals surface area contributed by atoms with Crippen LogP contribution in [-0.4, -0.2) is 113 Å². The second-order valence-electron chi connectivity index (χ2n) is 15.0. The van der Waals surface area contributed by atoms with Gasteiger partial charge in [-0.25, -0.2) is 15.0 Å². The van der Waals surface area contributed by atoms with E-state index in [2.05, 4.69) is 20.3 Å². The van der Waals surface area contributed by atoms with Gasteiger partial charge >= 0.3 is 11.9 Å². The third-order valence-electron chi connectivity index (χ3n) is 10.1. The molecule has 2 fully saturated rings. The molecule has 0 aromatic carbocycles. The maximum Gasteiger partial charge on any atom is 0.308 e. The summed E-state index contributed by atoms with van der Waals surface area (Å²) in [7, 11) is 4.99. The van der Waals surface area contributed by atoms with Crippen LogP contribution in [0.3, 0.4) is 0 Å². The highest BCUT2D eigenvalue weighted by Gasteiger charge is 2.38. The van der Waals surface area contributed by atoms with Gasteiger partial charge in [0.25, 0.3) is 5.91 Å². The fraction of sp³-hybridized carbons (Fsp3) is 0.684. The summed E-state index contributed by atoms with van der Waals surface area (Å²) in [5.74, 6) is -1.48. The molecule has 1 saturated carbocycles. The first-order valence-corrected chi connectivity index (χ1v) is 19.4. The van der Waals surface area contributed by atoms with Gasteiger partial charge in [-0.3, -0.25) is 28.9 Å². The average Bonchev–Trinajstić information content (AvgIpc) is 3.80. The highest BCUT2D eigenvalue weighted by molar-refractivity contribution is 7.09. The summed E-state index contributed by atoms with van der Waals surface area (Å²) in [5, 5.41) is 5.01. The molecule has 0 spiro atoms. The summed E-state index contributed by atoms with van der Waals surface area (Å²) in [6.07, 6.45) is 6.31. The predicted octanol–water partition coefficient (Wildman–Crippen LogP) is 3.97. The highest BCUT2D eigenvalue weighted by atomic mass is 32.1. The number of hydrogen-bond acceptors (Lipinski definition) is 13. The van der Waals surface area contributed by atoms with Crippen LogP contribution in [0, 0.1) is 30.6 Å². The van der Waals surface area contributed by atoms with Gasteiger partial charge in [-0.05, 0) is 44.2 Å². The first-order chi connectivity index (χ1) is 25.2. The Morgan fingerprint density at radius 2 is 1.81 bits per heavy atom. The zero-order chi connectivity index (χ0) is 38.8. The molecule has 2 aromatic rings. The fourth-order valence-electron chi connectivity index (χ4n) is 6.84. The van der Waals surface area contributed by atoms with E-state index in [1.54, 1.807) is 36.6 Å². The standard InChI is InChI=1S/C38H56N6O8S/c1-22(2)30(44(7)37(48)27(14-26-9-10-26)15-32(46)31-20-51-12-11-43(31)6)17-33(52-25(5)45)36-42-29(21-53-36)35(47)41-28(13-24(4)38(49)50-8)16-34-39-18-23(3)19-40-34/h18-19,21-22,24,26-28,30-31,33H,9-17,20H2,1-8H3,(H,41,47)/t24-,27+,28+,30+,31+,33+/m0/s1. The van der Waals surface area contributed by atoms with Crippen LogP contribution < -0.4 is 5.32 Å². The Labute approximate surface area is 316 Å². The summed E-state index contributed by atoms with van der Waals surface area (Å²) in [4.78, 5) is 82.9. The normalized spacial score (nSPS) is 19.1. The van der Waals surface area contributed by atoms with Crippen LogP contribution in [0.2, 0.25) is 0 Å². The molecule has 14 nitrogen and oxygen atoms in total. The van der Waals surface area contributed by atoms with Crippen LogP contribution in [0.15, 0.2) is 17.8 Å². The number of aryl methyl sites for hydroxylation is 1. The Hall–Kier alpha value is -3.82. The molecule has 4 rings (SSSR count). The monoisotopic (exact) mass is 756 g/mol. The summed E-state index contributed by atoms with van der Waals surface area (Å²) >= 11 is 1.19. The van der Waals surface area contributed by atoms with Crippen LogP contribution in [0.25, 0.3) is 0 Å².